The smallest absolute Gasteiger partial charge is 0.269 e. The lowest BCUT2D eigenvalue weighted by atomic mass is 10.3. The second-order valence-corrected chi connectivity index (χ2v) is 4.24. The maximum atomic E-state index is 11.9. The molecular weight excluding hydrogens is 232 g/mol. The molecule has 0 unspecified atom stereocenters. The van der Waals surface area contributed by atoms with E-state index < -0.39 is 0 Å². The minimum absolute atomic E-state index is 0.0531. The zero-order valence-electron chi connectivity index (χ0n) is 10.8. The van der Waals surface area contributed by atoms with Crippen LogP contribution in [0.15, 0.2) is 12.3 Å². The van der Waals surface area contributed by atoms with Crippen molar-refractivity contribution in [3.63, 3.8) is 0 Å². The molecule has 1 fully saturated rings. The molecule has 6 heteroatoms. The van der Waals surface area contributed by atoms with E-state index in [2.05, 4.69) is 15.3 Å². The van der Waals surface area contributed by atoms with Crippen molar-refractivity contribution in [3.8, 4) is 0 Å². The molecule has 2 rings (SSSR count). The Morgan fingerprint density at radius 3 is 3.00 bits per heavy atom. The minimum Gasteiger partial charge on any atom is -0.379 e. The van der Waals surface area contributed by atoms with Gasteiger partial charge in [-0.15, -0.1) is 0 Å². The summed E-state index contributed by atoms with van der Waals surface area (Å²) in [6, 6.07) is 1.74. The zero-order chi connectivity index (χ0) is 12.8. The third kappa shape index (κ3) is 3.30. The van der Waals surface area contributed by atoms with Crippen molar-refractivity contribution < 1.29 is 9.53 Å². The van der Waals surface area contributed by atoms with Gasteiger partial charge in [0.2, 0.25) is 0 Å². The minimum atomic E-state index is -0.0531. The lowest BCUT2D eigenvalue weighted by Crippen LogP contribution is -2.41. The van der Waals surface area contributed by atoms with Crippen LogP contribution in [-0.2, 0) is 11.3 Å². The summed E-state index contributed by atoms with van der Waals surface area (Å²) in [5.74, 6) is -0.0531. The second kappa shape index (κ2) is 6.51. The summed E-state index contributed by atoms with van der Waals surface area (Å²) in [7, 11) is 0. The monoisotopic (exact) mass is 252 g/mol. The summed E-state index contributed by atoms with van der Waals surface area (Å²) in [5.41, 5.74) is 0.625. The van der Waals surface area contributed by atoms with Crippen molar-refractivity contribution in [2.75, 3.05) is 39.4 Å². The van der Waals surface area contributed by atoms with Gasteiger partial charge in [0.15, 0.2) is 0 Å². The Labute approximate surface area is 107 Å². The Morgan fingerprint density at radius 2 is 2.28 bits per heavy atom. The fourth-order valence-corrected chi connectivity index (χ4v) is 2.02. The highest BCUT2D eigenvalue weighted by atomic mass is 16.5. The van der Waals surface area contributed by atoms with E-state index in [4.69, 9.17) is 4.74 Å². The molecule has 1 aromatic heterocycles. The van der Waals surface area contributed by atoms with Crippen molar-refractivity contribution >= 4 is 5.91 Å². The maximum absolute atomic E-state index is 11.9. The molecular formula is C12H20N4O2. The number of nitrogens with one attached hydrogen (secondary N) is 1. The van der Waals surface area contributed by atoms with Gasteiger partial charge in [-0.3, -0.25) is 14.4 Å². The number of aryl methyl sites for hydroxylation is 1. The number of rotatable bonds is 5. The van der Waals surface area contributed by atoms with Crippen molar-refractivity contribution in [1.29, 1.82) is 0 Å². The lowest BCUT2D eigenvalue weighted by molar-refractivity contribution is 0.0383. The summed E-state index contributed by atoms with van der Waals surface area (Å²) in [5, 5.41) is 7.01. The third-order valence-corrected chi connectivity index (χ3v) is 3.07. The molecule has 0 bridgehead atoms. The molecule has 0 atom stereocenters. The van der Waals surface area contributed by atoms with Gasteiger partial charge in [0.25, 0.3) is 5.91 Å². The highest BCUT2D eigenvalue weighted by Crippen LogP contribution is 1.99. The van der Waals surface area contributed by atoms with Gasteiger partial charge in [-0.05, 0) is 13.0 Å². The topological polar surface area (TPSA) is 59.4 Å². The highest BCUT2D eigenvalue weighted by molar-refractivity contribution is 5.92. The summed E-state index contributed by atoms with van der Waals surface area (Å²) in [4.78, 5) is 14.2. The van der Waals surface area contributed by atoms with Crippen molar-refractivity contribution in [2.45, 2.75) is 13.5 Å². The van der Waals surface area contributed by atoms with E-state index in [1.165, 1.54) is 0 Å². The SMILES string of the molecule is CCn1nccc1C(=O)NCCN1CCOCC1. The third-order valence-electron chi connectivity index (χ3n) is 3.07. The number of nitrogens with zero attached hydrogens (tertiary/aromatic N) is 3. The first kappa shape index (κ1) is 13.0. The molecule has 0 spiro atoms. The standard InChI is InChI=1S/C12H20N4O2/c1-2-16-11(3-4-14-16)12(17)13-5-6-15-7-9-18-10-8-15/h3-4H,2,5-10H2,1H3,(H,13,17). The van der Waals surface area contributed by atoms with E-state index >= 15 is 0 Å². The van der Waals surface area contributed by atoms with Crippen LogP contribution in [0.3, 0.4) is 0 Å². The fourth-order valence-electron chi connectivity index (χ4n) is 2.02. The van der Waals surface area contributed by atoms with E-state index in [0.29, 0.717) is 18.8 Å². The molecule has 0 radical (unpaired) electrons. The largest absolute Gasteiger partial charge is 0.379 e. The van der Waals surface area contributed by atoms with Crippen LogP contribution in [-0.4, -0.2) is 60.0 Å². The number of amides is 1. The van der Waals surface area contributed by atoms with Gasteiger partial charge in [0.05, 0.1) is 13.2 Å². The number of aromatic nitrogens is 2. The van der Waals surface area contributed by atoms with Crippen LogP contribution in [0.1, 0.15) is 17.4 Å². The number of morpholine rings is 1. The highest BCUT2D eigenvalue weighted by Gasteiger charge is 2.12. The van der Waals surface area contributed by atoms with Crippen molar-refractivity contribution in [3.05, 3.63) is 18.0 Å². The Morgan fingerprint density at radius 1 is 1.50 bits per heavy atom. The molecule has 18 heavy (non-hydrogen) atoms. The molecule has 0 aromatic carbocycles. The van der Waals surface area contributed by atoms with Gasteiger partial charge in [0.1, 0.15) is 5.69 Å². The summed E-state index contributed by atoms with van der Waals surface area (Å²) < 4.78 is 6.97. The average Bonchev–Trinajstić information content (AvgIpc) is 2.88. The first-order chi connectivity index (χ1) is 8.81. The summed E-state index contributed by atoms with van der Waals surface area (Å²) in [6.07, 6.45) is 1.65. The normalized spacial score (nSPS) is 16.7. The molecule has 0 saturated carbocycles. The predicted molar refractivity (Wildman–Crippen MR) is 67.5 cm³/mol. The number of carbonyl (C=O) groups excluding carboxylic acids is 1. The first-order valence-corrected chi connectivity index (χ1v) is 6.41. The molecule has 1 saturated heterocycles. The zero-order valence-corrected chi connectivity index (χ0v) is 10.8. The van der Waals surface area contributed by atoms with Crippen molar-refractivity contribution in [1.82, 2.24) is 20.0 Å². The van der Waals surface area contributed by atoms with Crippen molar-refractivity contribution in [2.24, 2.45) is 0 Å². The Kier molecular flexibility index (Phi) is 4.72. The van der Waals surface area contributed by atoms with Crippen LogP contribution in [0.2, 0.25) is 0 Å². The predicted octanol–water partition coefficient (Wildman–Crippen LogP) is -0.0350. The quantitative estimate of drug-likeness (QED) is 0.799. The number of hydrogen-bond donors (Lipinski definition) is 1. The number of carbonyl (C=O) groups is 1. The Hall–Kier alpha value is -1.40. The van der Waals surface area contributed by atoms with E-state index in [9.17, 15) is 4.79 Å². The Balaban J connectivity index is 1.74. The Bertz CT molecular complexity index is 385. The molecule has 100 valence electrons. The molecule has 1 amide bonds. The van der Waals surface area contributed by atoms with E-state index in [0.717, 1.165) is 32.8 Å². The molecule has 1 aliphatic heterocycles. The molecule has 1 aliphatic rings. The fraction of sp³-hybridized carbons (Fsp3) is 0.667. The molecule has 1 aromatic rings. The second-order valence-electron chi connectivity index (χ2n) is 4.24. The van der Waals surface area contributed by atoms with Gasteiger partial charge < -0.3 is 10.1 Å². The molecule has 2 heterocycles. The van der Waals surface area contributed by atoms with Crippen LogP contribution in [0.4, 0.5) is 0 Å². The van der Waals surface area contributed by atoms with Crippen LogP contribution in [0, 0.1) is 0 Å². The number of hydrogen-bond acceptors (Lipinski definition) is 4. The van der Waals surface area contributed by atoms with E-state index in [1.807, 2.05) is 6.92 Å². The van der Waals surface area contributed by atoms with Gasteiger partial charge in [-0.2, -0.15) is 5.10 Å². The molecule has 0 aliphatic carbocycles. The van der Waals surface area contributed by atoms with Gasteiger partial charge in [-0.25, -0.2) is 0 Å². The van der Waals surface area contributed by atoms with Gasteiger partial charge in [-0.1, -0.05) is 0 Å². The van der Waals surface area contributed by atoms with Crippen LogP contribution in [0.5, 0.6) is 0 Å². The number of ether oxygens (including phenoxy) is 1. The molecule has 1 N–H and O–H groups in total. The van der Waals surface area contributed by atoms with Gasteiger partial charge in [0, 0.05) is 38.9 Å². The van der Waals surface area contributed by atoms with Crippen LogP contribution in [0.25, 0.3) is 0 Å². The summed E-state index contributed by atoms with van der Waals surface area (Å²) >= 11 is 0. The maximum Gasteiger partial charge on any atom is 0.269 e. The van der Waals surface area contributed by atoms with Crippen LogP contribution < -0.4 is 5.32 Å². The average molecular weight is 252 g/mol. The van der Waals surface area contributed by atoms with E-state index in [-0.39, 0.29) is 5.91 Å². The summed E-state index contributed by atoms with van der Waals surface area (Å²) in [6.45, 7) is 7.68. The van der Waals surface area contributed by atoms with Crippen LogP contribution >= 0.6 is 0 Å². The van der Waals surface area contributed by atoms with Gasteiger partial charge >= 0.3 is 0 Å². The molecule has 6 nitrogen and oxygen atoms in total. The lowest BCUT2D eigenvalue weighted by Gasteiger charge is -2.26. The first-order valence-electron chi connectivity index (χ1n) is 6.41. The van der Waals surface area contributed by atoms with E-state index in [1.54, 1.807) is 16.9 Å².